The second-order valence-corrected chi connectivity index (χ2v) is 5.47. The van der Waals surface area contributed by atoms with Crippen molar-refractivity contribution in [3.63, 3.8) is 0 Å². The summed E-state index contributed by atoms with van der Waals surface area (Å²) in [4.78, 5) is 12.1. The summed E-state index contributed by atoms with van der Waals surface area (Å²) in [6.45, 7) is 2.01. The minimum absolute atomic E-state index is 0.280. The summed E-state index contributed by atoms with van der Waals surface area (Å²) in [6, 6.07) is 15.4. The van der Waals surface area contributed by atoms with E-state index in [-0.39, 0.29) is 5.63 Å². The molecule has 0 amide bonds. The van der Waals surface area contributed by atoms with Gasteiger partial charge in [-0.1, -0.05) is 42.5 Å². The van der Waals surface area contributed by atoms with Crippen LogP contribution in [0.5, 0.6) is 0 Å². The molecule has 0 aliphatic heterocycles. The first-order valence-corrected chi connectivity index (χ1v) is 7.03. The van der Waals surface area contributed by atoms with E-state index in [0.29, 0.717) is 11.1 Å². The lowest BCUT2D eigenvalue weighted by Gasteiger charge is -2.08. The van der Waals surface area contributed by atoms with Gasteiger partial charge in [0.1, 0.15) is 0 Å². The molecule has 19 heavy (non-hydrogen) atoms. The van der Waals surface area contributed by atoms with Gasteiger partial charge in [-0.15, -0.1) is 0 Å². The van der Waals surface area contributed by atoms with E-state index in [0.717, 1.165) is 20.1 Å². The quantitative estimate of drug-likeness (QED) is 0.602. The number of benzene rings is 2. The number of rotatable bonds is 1. The van der Waals surface area contributed by atoms with Crippen LogP contribution < -0.4 is 5.63 Å². The number of hydrogen-bond acceptors (Lipinski definition) is 2. The molecule has 0 N–H and O–H groups in total. The standard InChI is InChI=1S/C16H11IO2/c1-10-6-5-9-12-13(10)14(17)15(19-16(12)18)11-7-3-2-4-8-11/h2-9H,1H3. The summed E-state index contributed by atoms with van der Waals surface area (Å²) < 4.78 is 6.48. The van der Waals surface area contributed by atoms with E-state index in [2.05, 4.69) is 22.6 Å². The third-order valence-electron chi connectivity index (χ3n) is 3.14. The second-order valence-electron chi connectivity index (χ2n) is 4.40. The van der Waals surface area contributed by atoms with Gasteiger partial charge in [-0.3, -0.25) is 0 Å². The molecule has 0 radical (unpaired) electrons. The Hall–Kier alpha value is -1.62. The summed E-state index contributed by atoms with van der Waals surface area (Å²) in [5.74, 6) is 0.646. The Balaban J connectivity index is 2.44. The molecule has 2 aromatic carbocycles. The predicted molar refractivity (Wildman–Crippen MR) is 85.4 cm³/mol. The van der Waals surface area contributed by atoms with Crippen molar-refractivity contribution in [2.24, 2.45) is 0 Å². The number of fused-ring (bicyclic) bond motifs is 1. The van der Waals surface area contributed by atoms with Crippen LogP contribution in [0.2, 0.25) is 0 Å². The molecule has 0 unspecified atom stereocenters. The summed E-state index contributed by atoms with van der Waals surface area (Å²) >= 11 is 2.25. The normalized spacial score (nSPS) is 10.8. The van der Waals surface area contributed by atoms with Crippen LogP contribution in [-0.2, 0) is 0 Å². The van der Waals surface area contributed by atoms with Gasteiger partial charge in [0.05, 0.1) is 8.96 Å². The van der Waals surface area contributed by atoms with Crippen molar-refractivity contribution in [2.75, 3.05) is 0 Å². The summed E-state index contributed by atoms with van der Waals surface area (Å²) in [6.07, 6.45) is 0. The van der Waals surface area contributed by atoms with Gasteiger partial charge < -0.3 is 4.42 Å². The Bertz CT molecular complexity index is 804. The van der Waals surface area contributed by atoms with Crippen molar-refractivity contribution >= 4 is 33.4 Å². The Morgan fingerprint density at radius 2 is 1.74 bits per heavy atom. The van der Waals surface area contributed by atoms with Crippen molar-refractivity contribution in [3.05, 3.63) is 68.1 Å². The zero-order chi connectivity index (χ0) is 13.4. The summed E-state index contributed by atoms with van der Waals surface area (Å²) in [7, 11) is 0. The lowest BCUT2D eigenvalue weighted by atomic mass is 10.1. The molecule has 94 valence electrons. The van der Waals surface area contributed by atoms with Crippen LogP contribution in [0.4, 0.5) is 0 Å². The van der Waals surface area contributed by atoms with Gasteiger partial charge in [0.2, 0.25) is 0 Å². The van der Waals surface area contributed by atoms with Gasteiger partial charge in [0.15, 0.2) is 5.76 Å². The van der Waals surface area contributed by atoms with Gasteiger partial charge in [0, 0.05) is 10.9 Å². The van der Waals surface area contributed by atoms with Gasteiger partial charge >= 0.3 is 5.63 Å². The molecule has 1 aromatic heterocycles. The van der Waals surface area contributed by atoms with Crippen LogP contribution in [0, 0.1) is 10.5 Å². The molecule has 3 aromatic rings. The van der Waals surface area contributed by atoms with E-state index in [1.165, 1.54) is 0 Å². The molecule has 3 heteroatoms. The van der Waals surface area contributed by atoms with Crippen LogP contribution in [0.15, 0.2) is 57.7 Å². The van der Waals surface area contributed by atoms with Crippen molar-refractivity contribution in [3.8, 4) is 11.3 Å². The monoisotopic (exact) mass is 362 g/mol. The summed E-state index contributed by atoms with van der Waals surface area (Å²) in [5, 5.41) is 1.63. The third kappa shape index (κ3) is 2.08. The maximum absolute atomic E-state index is 12.1. The molecule has 0 atom stereocenters. The maximum Gasteiger partial charge on any atom is 0.344 e. The molecule has 0 saturated carbocycles. The van der Waals surface area contributed by atoms with Crippen LogP contribution in [0.25, 0.3) is 22.1 Å². The van der Waals surface area contributed by atoms with Crippen LogP contribution in [0.1, 0.15) is 5.56 Å². The van der Waals surface area contributed by atoms with Crippen molar-refractivity contribution in [2.45, 2.75) is 6.92 Å². The smallest absolute Gasteiger partial charge is 0.344 e. The van der Waals surface area contributed by atoms with Gasteiger partial charge in [0.25, 0.3) is 0 Å². The minimum atomic E-state index is -0.280. The molecule has 0 spiro atoms. The van der Waals surface area contributed by atoms with Crippen LogP contribution in [0.3, 0.4) is 0 Å². The molecule has 3 rings (SSSR count). The van der Waals surface area contributed by atoms with E-state index in [1.807, 2.05) is 55.5 Å². The SMILES string of the molecule is Cc1cccc2c(=O)oc(-c3ccccc3)c(I)c12. The lowest BCUT2D eigenvalue weighted by Crippen LogP contribution is -2.03. The molecule has 2 nitrogen and oxygen atoms in total. The van der Waals surface area contributed by atoms with Crippen LogP contribution in [-0.4, -0.2) is 0 Å². The van der Waals surface area contributed by atoms with Gasteiger partial charge in [-0.25, -0.2) is 4.79 Å². The highest BCUT2D eigenvalue weighted by atomic mass is 127. The zero-order valence-corrected chi connectivity index (χ0v) is 12.5. The van der Waals surface area contributed by atoms with E-state index >= 15 is 0 Å². The Morgan fingerprint density at radius 3 is 2.47 bits per heavy atom. The van der Waals surface area contributed by atoms with Gasteiger partial charge in [-0.2, -0.15) is 0 Å². The first-order chi connectivity index (χ1) is 9.18. The molecular weight excluding hydrogens is 351 g/mol. The molecule has 1 heterocycles. The molecule has 0 aliphatic carbocycles. The second kappa shape index (κ2) is 4.81. The van der Waals surface area contributed by atoms with Crippen LogP contribution >= 0.6 is 22.6 Å². The fourth-order valence-corrected chi connectivity index (χ4v) is 3.35. The van der Waals surface area contributed by atoms with E-state index < -0.39 is 0 Å². The van der Waals surface area contributed by atoms with E-state index in [4.69, 9.17) is 4.42 Å². The van der Waals surface area contributed by atoms with Crippen molar-refractivity contribution in [1.82, 2.24) is 0 Å². The predicted octanol–water partition coefficient (Wildman–Crippen LogP) is 4.37. The van der Waals surface area contributed by atoms with Crippen molar-refractivity contribution < 1.29 is 4.42 Å². The average molecular weight is 362 g/mol. The third-order valence-corrected chi connectivity index (χ3v) is 4.17. The number of hydrogen-bond donors (Lipinski definition) is 0. The first-order valence-electron chi connectivity index (χ1n) is 5.96. The highest BCUT2D eigenvalue weighted by molar-refractivity contribution is 14.1. The minimum Gasteiger partial charge on any atom is -0.421 e. The highest BCUT2D eigenvalue weighted by Crippen LogP contribution is 2.30. The zero-order valence-electron chi connectivity index (χ0n) is 10.3. The molecule has 0 aliphatic rings. The molecule has 0 saturated heterocycles. The first kappa shape index (κ1) is 12.4. The van der Waals surface area contributed by atoms with E-state index in [1.54, 1.807) is 0 Å². The van der Waals surface area contributed by atoms with Gasteiger partial charge in [-0.05, 0) is 41.1 Å². The highest BCUT2D eigenvalue weighted by Gasteiger charge is 2.14. The number of aryl methyl sites for hydroxylation is 1. The largest absolute Gasteiger partial charge is 0.421 e. The van der Waals surface area contributed by atoms with Crippen molar-refractivity contribution in [1.29, 1.82) is 0 Å². The van der Waals surface area contributed by atoms with E-state index in [9.17, 15) is 4.79 Å². The molecule has 0 fully saturated rings. The summed E-state index contributed by atoms with van der Waals surface area (Å²) in [5.41, 5.74) is 1.74. The molecule has 0 bridgehead atoms. The number of halogens is 1. The Morgan fingerprint density at radius 1 is 1.00 bits per heavy atom. The fraction of sp³-hybridized carbons (Fsp3) is 0.0625. The topological polar surface area (TPSA) is 30.2 Å². The lowest BCUT2D eigenvalue weighted by molar-refractivity contribution is 0.532. The molecular formula is C16H11IO2. The Labute approximate surface area is 124 Å². The average Bonchev–Trinajstić information content (AvgIpc) is 2.43. The Kier molecular flexibility index (Phi) is 3.14. The fourth-order valence-electron chi connectivity index (χ4n) is 2.21. The maximum atomic E-state index is 12.1.